The van der Waals surface area contributed by atoms with Gasteiger partial charge in [-0.25, -0.2) is 8.42 Å². The van der Waals surface area contributed by atoms with Gasteiger partial charge in [-0.05, 0) is 40.5 Å². The number of hydrogen-bond acceptors (Lipinski definition) is 3. The Morgan fingerprint density at radius 1 is 1.35 bits per heavy atom. The van der Waals surface area contributed by atoms with Crippen LogP contribution in [0.3, 0.4) is 0 Å². The van der Waals surface area contributed by atoms with Gasteiger partial charge in [0.05, 0.1) is 9.88 Å². The lowest BCUT2D eigenvalue weighted by molar-refractivity contribution is 0.437. The van der Waals surface area contributed by atoms with Crippen LogP contribution in [0.4, 0.5) is 0 Å². The number of nitrogens with zero attached hydrogens (tertiary/aromatic N) is 1. The summed E-state index contributed by atoms with van der Waals surface area (Å²) in [7, 11) is -3.58. The minimum atomic E-state index is -3.58. The van der Waals surface area contributed by atoms with Crippen molar-refractivity contribution in [2.45, 2.75) is 25.2 Å². The monoisotopic (exact) mass is 442 g/mol. The molecule has 1 aromatic rings. The van der Waals surface area contributed by atoms with Crippen LogP contribution in [0.15, 0.2) is 26.0 Å². The Balaban J connectivity index is 3.20. The Morgan fingerprint density at radius 2 is 1.95 bits per heavy atom. The molecule has 112 valence electrons. The maximum Gasteiger partial charge on any atom is 0.244 e. The molecule has 0 bridgehead atoms. The van der Waals surface area contributed by atoms with Crippen LogP contribution in [0, 0.1) is 6.92 Å². The minimum absolute atomic E-state index is 0.236. The molecule has 8 heteroatoms. The fraction of sp³-hybridized carbons (Fsp3) is 0.417. The summed E-state index contributed by atoms with van der Waals surface area (Å²) < 4.78 is 28.0. The predicted molar refractivity (Wildman–Crippen MR) is 92.4 cm³/mol. The van der Waals surface area contributed by atoms with E-state index in [2.05, 4.69) is 31.9 Å². The van der Waals surface area contributed by atoms with Crippen LogP contribution in [0.1, 0.15) is 18.9 Å². The van der Waals surface area contributed by atoms with Gasteiger partial charge in [0.25, 0.3) is 0 Å². The molecule has 4 nitrogen and oxygen atoms in total. The van der Waals surface area contributed by atoms with Crippen molar-refractivity contribution in [2.24, 2.45) is 5.73 Å². The molecule has 0 amide bonds. The average Bonchev–Trinajstić information content (AvgIpc) is 2.33. The molecule has 0 fully saturated rings. The SMILES string of the molecule is CCN(CCC(N)=S)S(=O)(=O)c1cc(Br)c(C)cc1Br. The smallest absolute Gasteiger partial charge is 0.244 e. The molecule has 1 rings (SSSR count). The van der Waals surface area contributed by atoms with Gasteiger partial charge in [-0.3, -0.25) is 0 Å². The first-order valence-electron chi connectivity index (χ1n) is 5.94. The van der Waals surface area contributed by atoms with Crippen LogP contribution < -0.4 is 5.73 Å². The van der Waals surface area contributed by atoms with E-state index < -0.39 is 10.0 Å². The van der Waals surface area contributed by atoms with Crippen LogP contribution in [-0.4, -0.2) is 30.8 Å². The van der Waals surface area contributed by atoms with Gasteiger partial charge in [0, 0.05) is 28.5 Å². The molecule has 0 aliphatic carbocycles. The molecule has 1 aromatic carbocycles. The Kier molecular flexibility index (Phi) is 6.59. The van der Waals surface area contributed by atoms with E-state index in [9.17, 15) is 8.42 Å². The van der Waals surface area contributed by atoms with Crippen LogP contribution in [0.2, 0.25) is 0 Å². The van der Waals surface area contributed by atoms with Crippen molar-refractivity contribution in [3.63, 3.8) is 0 Å². The molecule has 0 radical (unpaired) electrons. The summed E-state index contributed by atoms with van der Waals surface area (Å²) in [6.07, 6.45) is 0.368. The molecule has 0 heterocycles. The second-order valence-electron chi connectivity index (χ2n) is 4.24. The molecule has 0 aliphatic heterocycles. The van der Waals surface area contributed by atoms with Crippen molar-refractivity contribution in [3.8, 4) is 0 Å². The lowest BCUT2D eigenvalue weighted by Crippen LogP contribution is -2.33. The first-order chi connectivity index (χ1) is 9.20. The Morgan fingerprint density at radius 3 is 2.45 bits per heavy atom. The molecule has 0 saturated heterocycles. The molecule has 0 atom stereocenters. The van der Waals surface area contributed by atoms with E-state index in [1.165, 1.54) is 4.31 Å². The lowest BCUT2D eigenvalue weighted by Gasteiger charge is -2.21. The quantitative estimate of drug-likeness (QED) is 0.685. The standard InChI is InChI=1S/C12H16Br2N2O2S2/c1-3-16(5-4-12(15)19)20(17,18)11-7-9(13)8(2)6-10(11)14/h6-7H,3-5H2,1-2H3,(H2,15,19). The lowest BCUT2D eigenvalue weighted by atomic mass is 10.2. The third-order valence-electron chi connectivity index (χ3n) is 2.79. The normalized spacial score (nSPS) is 11.8. The van der Waals surface area contributed by atoms with Gasteiger partial charge in [0.15, 0.2) is 0 Å². The fourth-order valence-corrected chi connectivity index (χ4v) is 4.83. The molecule has 2 N–H and O–H groups in total. The van der Waals surface area contributed by atoms with E-state index in [1.807, 2.05) is 6.92 Å². The summed E-state index contributed by atoms with van der Waals surface area (Å²) in [6, 6.07) is 3.39. The summed E-state index contributed by atoms with van der Waals surface area (Å²) in [4.78, 5) is 0.544. The molecule has 0 saturated carbocycles. The van der Waals surface area contributed by atoms with Crippen molar-refractivity contribution in [2.75, 3.05) is 13.1 Å². The van der Waals surface area contributed by atoms with Crippen molar-refractivity contribution in [3.05, 3.63) is 26.6 Å². The van der Waals surface area contributed by atoms with Crippen LogP contribution in [-0.2, 0) is 10.0 Å². The molecule has 0 aliphatic rings. The van der Waals surface area contributed by atoms with E-state index in [0.29, 0.717) is 22.4 Å². The van der Waals surface area contributed by atoms with E-state index in [4.69, 9.17) is 18.0 Å². The topological polar surface area (TPSA) is 63.4 Å². The molecule has 0 unspecified atom stereocenters. The van der Waals surface area contributed by atoms with Gasteiger partial charge in [-0.1, -0.05) is 35.1 Å². The van der Waals surface area contributed by atoms with Crippen LogP contribution in [0.5, 0.6) is 0 Å². The first-order valence-corrected chi connectivity index (χ1v) is 9.37. The Hall–Kier alpha value is -0.0200. The molecule has 20 heavy (non-hydrogen) atoms. The number of rotatable bonds is 6. The highest BCUT2D eigenvalue weighted by Crippen LogP contribution is 2.30. The summed E-state index contributed by atoms with van der Waals surface area (Å²) in [5.74, 6) is 0. The second kappa shape index (κ2) is 7.31. The van der Waals surface area contributed by atoms with Crippen molar-refractivity contribution in [1.29, 1.82) is 0 Å². The highest BCUT2D eigenvalue weighted by molar-refractivity contribution is 9.11. The highest BCUT2D eigenvalue weighted by Gasteiger charge is 2.26. The number of nitrogens with two attached hydrogens (primary N) is 1. The number of thiocarbonyl (C=S) groups is 1. The van der Waals surface area contributed by atoms with Gasteiger partial charge >= 0.3 is 0 Å². The fourth-order valence-electron chi connectivity index (χ4n) is 1.65. The number of hydrogen-bond donors (Lipinski definition) is 1. The van der Waals surface area contributed by atoms with Gasteiger partial charge in [-0.2, -0.15) is 4.31 Å². The molecule has 0 aromatic heterocycles. The summed E-state index contributed by atoms with van der Waals surface area (Å²) in [5, 5.41) is 0. The Labute approximate surface area is 142 Å². The van der Waals surface area contributed by atoms with Crippen LogP contribution >= 0.6 is 44.1 Å². The summed E-state index contributed by atoms with van der Waals surface area (Å²) in [5.41, 5.74) is 6.40. The largest absolute Gasteiger partial charge is 0.393 e. The summed E-state index contributed by atoms with van der Waals surface area (Å²) >= 11 is 11.5. The third kappa shape index (κ3) is 4.24. The van der Waals surface area contributed by atoms with Gasteiger partial charge in [0.1, 0.15) is 0 Å². The molecular formula is C12H16Br2N2O2S2. The third-order valence-corrected chi connectivity index (χ3v) is 6.78. The molecular weight excluding hydrogens is 428 g/mol. The number of benzene rings is 1. The predicted octanol–water partition coefficient (Wildman–Crippen LogP) is 3.21. The van der Waals surface area contributed by atoms with Gasteiger partial charge < -0.3 is 5.73 Å². The first kappa shape index (κ1) is 18.0. The molecule has 0 spiro atoms. The van der Waals surface area contributed by atoms with E-state index in [1.54, 1.807) is 19.1 Å². The van der Waals surface area contributed by atoms with E-state index in [-0.39, 0.29) is 11.4 Å². The van der Waals surface area contributed by atoms with Crippen molar-refractivity contribution in [1.82, 2.24) is 4.31 Å². The zero-order valence-electron chi connectivity index (χ0n) is 11.2. The average molecular weight is 444 g/mol. The second-order valence-corrected chi connectivity index (χ2v) is 8.38. The minimum Gasteiger partial charge on any atom is -0.393 e. The Bertz CT molecular complexity index is 618. The van der Waals surface area contributed by atoms with E-state index in [0.717, 1.165) is 10.0 Å². The number of sulfonamides is 1. The maximum atomic E-state index is 12.7. The number of aryl methyl sites for hydroxylation is 1. The zero-order valence-corrected chi connectivity index (χ0v) is 16.0. The van der Waals surface area contributed by atoms with E-state index >= 15 is 0 Å². The number of halogens is 2. The van der Waals surface area contributed by atoms with Crippen molar-refractivity contribution < 1.29 is 8.42 Å². The summed E-state index contributed by atoms with van der Waals surface area (Å²) in [6.45, 7) is 4.33. The highest BCUT2D eigenvalue weighted by atomic mass is 79.9. The van der Waals surface area contributed by atoms with Gasteiger partial charge in [-0.15, -0.1) is 0 Å². The maximum absolute atomic E-state index is 12.7. The van der Waals surface area contributed by atoms with Crippen molar-refractivity contribution >= 4 is 59.1 Å². The zero-order chi connectivity index (χ0) is 15.5. The van der Waals surface area contributed by atoms with Gasteiger partial charge in [0.2, 0.25) is 10.0 Å². The van der Waals surface area contributed by atoms with Crippen LogP contribution in [0.25, 0.3) is 0 Å².